The van der Waals surface area contributed by atoms with Crippen LogP contribution in [0.25, 0.3) is 11.1 Å². The molecule has 2 rings (SSSR count). The van der Waals surface area contributed by atoms with Gasteiger partial charge in [0, 0.05) is 41.2 Å². The largest absolute Gasteiger partial charge is 0.445 e. The molecule has 1 heterocycles. The number of ether oxygens (including phenoxy) is 1. The lowest BCUT2D eigenvalue weighted by atomic mass is 10.0. The van der Waals surface area contributed by atoms with Crippen LogP contribution in [0.2, 0.25) is 0 Å². The van der Waals surface area contributed by atoms with Gasteiger partial charge in [-0.15, -0.1) is 0 Å². The number of hydrogen-bond donors (Lipinski definition) is 1. The lowest BCUT2D eigenvalue weighted by molar-refractivity contribution is -0.384. The van der Waals surface area contributed by atoms with Gasteiger partial charge in [0.2, 0.25) is 0 Å². The Morgan fingerprint density at radius 1 is 1.33 bits per heavy atom. The van der Waals surface area contributed by atoms with Crippen LogP contribution < -0.4 is 5.32 Å². The predicted molar refractivity (Wildman–Crippen MR) is 89.4 cm³/mol. The second kappa shape index (κ2) is 7.08. The van der Waals surface area contributed by atoms with Crippen LogP contribution in [0.5, 0.6) is 0 Å². The molecule has 7 heteroatoms. The molecule has 0 radical (unpaired) electrons. The number of aromatic nitrogens is 1. The molecule has 0 aliphatic rings. The van der Waals surface area contributed by atoms with E-state index < -0.39 is 16.6 Å². The van der Waals surface area contributed by atoms with Gasteiger partial charge in [-0.3, -0.25) is 15.1 Å². The maximum Gasteiger partial charge on any atom is 0.407 e. The Bertz CT molecular complexity index is 739. The monoisotopic (exact) mass is 329 g/mol. The molecule has 7 nitrogen and oxygen atoms in total. The number of carbonyl (C=O) groups excluding carboxylic acids is 1. The third-order valence-corrected chi connectivity index (χ3v) is 3.11. The Balaban J connectivity index is 2.27. The van der Waals surface area contributed by atoms with Crippen LogP contribution in [0.4, 0.5) is 10.5 Å². The first-order valence-electron chi connectivity index (χ1n) is 7.39. The highest BCUT2D eigenvalue weighted by Crippen LogP contribution is 2.27. The Kier molecular flexibility index (Phi) is 5.13. The number of nitrogens with zero attached hydrogens (tertiary/aromatic N) is 2. The maximum absolute atomic E-state index is 11.8. The van der Waals surface area contributed by atoms with Crippen molar-refractivity contribution < 1.29 is 14.5 Å². The molecule has 0 bridgehead atoms. The Hall–Kier alpha value is -2.96. The van der Waals surface area contributed by atoms with Crippen molar-refractivity contribution in [2.45, 2.75) is 32.9 Å². The summed E-state index contributed by atoms with van der Waals surface area (Å²) in [5.74, 6) is 0. The van der Waals surface area contributed by atoms with Crippen LogP contribution in [0.3, 0.4) is 0 Å². The fourth-order valence-electron chi connectivity index (χ4n) is 2.10. The van der Waals surface area contributed by atoms with Gasteiger partial charge in [0.25, 0.3) is 5.69 Å². The van der Waals surface area contributed by atoms with Crippen molar-refractivity contribution in [2.75, 3.05) is 0 Å². The average molecular weight is 329 g/mol. The van der Waals surface area contributed by atoms with E-state index in [2.05, 4.69) is 10.3 Å². The van der Waals surface area contributed by atoms with Crippen LogP contribution in [-0.4, -0.2) is 21.5 Å². The Morgan fingerprint density at radius 2 is 2.08 bits per heavy atom. The highest BCUT2D eigenvalue weighted by atomic mass is 16.6. The van der Waals surface area contributed by atoms with Crippen LogP contribution in [-0.2, 0) is 11.3 Å². The van der Waals surface area contributed by atoms with E-state index in [0.717, 1.165) is 11.1 Å². The molecule has 1 amide bonds. The summed E-state index contributed by atoms with van der Waals surface area (Å²) >= 11 is 0. The average Bonchev–Trinajstić information content (AvgIpc) is 2.52. The summed E-state index contributed by atoms with van der Waals surface area (Å²) in [6, 6.07) is 8.07. The highest BCUT2D eigenvalue weighted by molar-refractivity contribution is 5.70. The fraction of sp³-hybridized carbons (Fsp3) is 0.294. The smallest absolute Gasteiger partial charge is 0.407 e. The summed E-state index contributed by atoms with van der Waals surface area (Å²) in [6.45, 7) is 5.43. The van der Waals surface area contributed by atoms with Gasteiger partial charge in [-0.2, -0.15) is 0 Å². The minimum atomic E-state index is -0.578. The van der Waals surface area contributed by atoms with Crippen molar-refractivity contribution in [1.29, 1.82) is 0 Å². The minimum absolute atomic E-state index is 0.0579. The number of alkyl carbamates (subject to hydrolysis) is 1. The topological polar surface area (TPSA) is 94.4 Å². The van der Waals surface area contributed by atoms with E-state index in [-0.39, 0.29) is 12.3 Å². The van der Waals surface area contributed by atoms with Crippen LogP contribution in [0.15, 0.2) is 42.7 Å². The summed E-state index contributed by atoms with van der Waals surface area (Å²) in [5.41, 5.74) is 1.59. The number of rotatable bonds is 4. The van der Waals surface area contributed by atoms with E-state index >= 15 is 0 Å². The number of nitro benzene ring substituents is 1. The van der Waals surface area contributed by atoms with Gasteiger partial charge in [-0.05, 0) is 38.5 Å². The van der Waals surface area contributed by atoms with E-state index in [1.165, 1.54) is 12.1 Å². The predicted octanol–water partition coefficient (Wildman–Crippen LogP) is 3.68. The normalized spacial score (nSPS) is 11.0. The highest BCUT2D eigenvalue weighted by Gasteiger charge is 2.17. The number of carbonyl (C=O) groups is 1. The zero-order valence-electron chi connectivity index (χ0n) is 13.8. The van der Waals surface area contributed by atoms with E-state index in [1.807, 2.05) is 26.8 Å². The molecule has 126 valence electrons. The van der Waals surface area contributed by atoms with Gasteiger partial charge >= 0.3 is 6.09 Å². The molecule has 1 aromatic carbocycles. The van der Waals surface area contributed by atoms with Crippen molar-refractivity contribution in [3.05, 3.63) is 58.4 Å². The molecule has 0 atom stereocenters. The molecule has 0 saturated carbocycles. The van der Waals surface area contributed by atoms with Gasteiger partial charge in [0.05, 0.1) is 4.92 Å². The first-order chi connectivity index (χ1) is 11.3. The van der Waals surface area contributed by atoms with E-state index in [4.69, 9.17) is 4.74 Å². The number of nitro groups is 1. The molecular formula is C17H19N3O4. The zero-order valence-corrected chi connectivity index (χ0v) is 13.8. The molecule has 0 aliphatic heterocycles. The van der Waals surface area contributed by atoms with E-state index in [9.17, 15) is 14.9 Å². The Morgan fingerprint density at radius 3 is 2.67 bits per heavy atom. The number of non-ortho nitro benzene ring substituents is 1. The van der Waals surface area contributed by atoms with Crippen LogP contribution in [0, 0.1) is 10.1 Å². The number of benzene rings is 1. The van der Waals surface area contributed by atoms with Crippen molar-refractivity contribution in [1.82, 2.24) is 10.3 Å². The lowest BCUT2D eigenvalue weighted by Crippen LogP contribution is -2.40. The maximum atomic E-state index is 11.8. The molecular weight excluding hydrogens is 310 g/mol. The second-order valence-electron chi connectivity index (χ2n) is 6.29. The van der Waals surface area contributed by atoms with Crippen molar-refractivity contribution in [2.24, 2.45) is 0 Å². The van der Waals surface area contributed by atoms with Crippen molar-refractivity contribution >= 4 is 11.8 Å². The summed E-state index contributed by atoms with van der Waals surface area (Å²) in [6.07, 6.45) is 2.72. The SMILES string of the molecule is CC(C)(C)NC(=O)OCc1cc([N+](=O)[O-])ccc1-c1cccnc1. The first kappa shape index (κ1) is 17.4. The molecule has 0 fully saturated rings. The van der Waals surface area contributed by atoms with Gasteiger partial charge in [0.1, 0.15) is 6.61 Å². The molecule has 1 aromatic heterocycles. The second-order valence-corrected chi connectivity index (χ2v) is 6.29. The quantitative estimate of drug-likeness (QED) is 0.682. The van der Waals surface area contributed by atoms with Crippen molar-refractivity contribution in [3.8, 4) is 11.1 Å². The molecule has 0 aliphatic carbocycles. The fourth-order valence-corrected chi connectivity index (χ4v) is 2.10. The zero-order chi connectivity index (χ0) is 17.7. The first-order valence-corrected chi connectivity index (χ1v) is 7.39. The van der Waals surface area contributed by atoms with Crippen molar-refractivity contribution in [3.63, 3.8) is 0 Å². The van der Waals surface area contributed by atoms with Gasteiger partial charge in [-0.25, -0.2) is 4.79 Å². The van der Waals surface area contributed by atoms with Gasteiger partial charge in [-0.1, -0.05) is 6.07 Å². The standard InChI is InChI=1S/C17H19N3O4/c1-17(2,3)19-16(21)24-11-13-9-14(20(22)23)6-7-15(13)12-5-4-8-18-10-12/h4-10H,11H2,1-3H3,(H,19,21). The summed E-state index contributed by atoms with van der Waals surface area (Å²) in [5, 5.41) is 13.7. The molecule has 0 unspecified atom stereocenters. The number of hydrogen-bond acceptors (Lipinski definition) is 5. The number of amides is 1. The summed E-state index contributed by atoms with van der Waals surface area (Å²) in [7, 11) is 0. The molecule has 0 saturated heterocycles. The summed E-state index contributed by atoms with van der Waals surface area (Å²) in [4.78, 5) is 26.4. The number of nitrogens with one attached hydrogen (secondary N) is 1. The third-order valence-electron chi connectivity index (χ3n) is 3.11. The van der Waals surface area contributed by atoms with Crippen LogP contribution >= 0.6 is 0 Å². The van der Waals surface area contributed by atoms with E-state index in [1.54, 1.807) is 24.5 Å². The lowest BCUT2D eigenvalue weighted by Gasteiger charge is -2.20. The van der Waals surface area contributed by atoms with E-state index in [0.29, 0.717) is 5.56 Å². The molecule has 2 aromatic rings. The number of pyridine rings is 1. The third kappa shape index (κ3) is 4.77. The summed E-state index contributed by atoms with van der Waals surface area (Å²) < 4.78 is 5.21. The Labute approximate surface area is 139 Å². The van der Waals surface area contributed by atoms with Crippen LogP contribution in [0.1, 0.15) is 26.3 Å². The molecule has 0 spiro atoms. The molecule has 24 heavy (non-hydrogen) atoms. The molecule has 1 N–H and O–H groups in total. The minimum Gasteiger partial charge on any atom is -0.445 e. The van der Waals surface area contributed by atoms with Gasteiger partial charge < -0.3 is 10.1 Å². The van der Waals surface area contributed by atoms with Gasteiger partial charge in [0.15, 0.2) is 0 Å².